The average Bonchev–Trinajstić information content (AvgIpc) is 2.55. The molecule has 1 amide bonds. The molecule has 1 atom stereocenters. The fourth-order valence-corrected chi connectivity index (χ4v) is 3.06. The first kappa shape index (κ1) is 14.1. The summed E-state index contributed by atoms with van der Waals surface area (Å²) < 4.78 is 0. The number of carbonyl (C=O) groups is 1. The molecule has 1 aliphatic rings. The first-order valence-electron chi connectivity index (χ1n) is 7.67. The fraction of sp³-hybridized carbons (Fsp3) is 0.389. The number of nitrogens with one attached hydrogen (secondary N) is 1. The van der Waals surface area contributed by atoms with Crippen LogP contribution in [0.4, 0.5) is 0 Å². The molecule has 0 bridgehead atoms. The molecule has 1 aliphatic heterocycles. The minimum Gasteiger partial charge on any atom is -0.341 e. The van der Waals surface area contributed by atoms with Gasteiger partial charge in [-0.15, -0.1) is 0 Å². The van der Waals surface area contributed by atoms with E-state index < -0.39 is 0 Å². The molecule has 110 valence electrons. The molecule has 0 aromatic heterocycles. The summed E-state index contributed by atoms with van der Waals surface area (Å²) in [6.07, 6.45) is 2.11. The van der Waals surface area contributed by atoms with Crippen molar-refractivity contribution in [1.82, 2.24) is 10.2 Å². The summed E-state index contributed by atoms with van der Waals surface area (Å²) in [6.45, 7) is 2.54. The molecule has 1 unspecified atom stereocenters. The lowest BCUT2D eigenvalue weighted by molar-refractivity contribution is -0.135. The molecular formula is C18H22N2O. The van der Waals surface area contributed by atoms with Crippen LogP contribution in [0.15, 0.2) is 42.5 Å². The standard InChI is InChI=1S/C18H22N2O/c1-20(18(21)17-7-4-10-19-12-17)13-14-8-9-15-5-2-3-6-16(15)11-14/h2-3,5-6,8-9,11,17,19H,4,7,10,12-13H2,1H3. The zero-order chi connectivity index (χ0) is 14.7. The van der Waals surface area contributed by atoms with Crippen LogP contribution in [-0.2, 0) is 11.3 Å². The lowest BCUT2D eigenvalue weighted by Crippen LogP contribution is -2.41. The molecule has 3 nitrogen and oxygen atoms in total. The van der Waals surface area contributed by atoms with Gasteiger partial charge in [0, 0.05) is 20.1 Å². The van der Waals surface area contributed by atoms with Gasteiger partial charge in [-0.3, -0.25) is 4.79 Å². The summed E-state index contributed by atoms with van der Waals surface area (Å²) >= 11 is 0. The molecule has 1 saturated heterocycles. The van der Waals surface area contributed by atoms with Crippen LogP contribution in [-0.4, -0.2) is 30.9 Å². The second kappa shape index (κ2) is 6.27. The summed E-state index contributed by atoms with van der Waals surface area (Å²) in [5, 5.41) is 5.79. The van der Waals surface area contributed by atoms with Gasteiger partial charge in [0.25, 0.3) is 0 Å². The lowest BCUT2D eigenvalue weighted by atomic mass is 9.98. The van der Waals surface area contributed by atoms with E-state index in [0.29, 0.717) is 6.54 Å². The van der Waals surface area contributed by atoms with E-state index in [0.717, 1.165) is 25.9 Å². The quantitative estimate of drug-likeness (QED) is 0.939. The summed E-state index contributed by atoms with van der Waals surface area (Å²) in [5.74, 6) is 0.402. The minimum atomic E-state index is 0.143. The maximum Gasteiger partial charge on any atom is 0.227 e. The monoisotopic (exact) mass is 282 g/mol. The van der Waals surface area contributed by atoms with Crippen LogP contribution >= 0.6 is 0 Å². The van der Waals surface area contributed by atoms with E-state index in [9.17, 15) is 4.79 Å². The Kier molecular flexibility index (Phi) is 4.20. The smallest absolute Gasteiger partial charge is 0.227 e. The van der Waals surface area contributed by atoms with Gasteiger partial charge in [0.2, 0.25) is 5.91 Å². The maximum absolute atomic E-state index is 12.5. The lowest BCUT2D eigenvalue weighted by Gasteiger charge is -2.27. The molecule has 2 aromatic rings. The van der Waals surface area contributed by atoms with Crippen LogP contribution < -0.4 is 5.32 Å². The third-order valence-electron chi connectivity index (χ3n) is 4.26. The van der Waals surface area contributed by atoms with Gasteiger partial charge in [-0.1, -0.05) is 36.4 Å². The molecule has 21 heavy (non-hydrogen) atoms. The molecule has 0 saturated carbocycles. The van der Waals surface area contributed by atoms with E-state index in [4.69, 9.17) is 0 Å². The van der Waals surface area contributed by atoms with Crippen LogP contribution in [0.25, 0.3) is 10.8 Å². The Morgan fingerprint density at radius 1 is 1.24 bits per heavy atom. The van der Waals surface area contributed by atoms with Gasteiger partial charge in [-0.25, -0.2) is 0 Å². The highest BCUT2D eigenvalue weighted by Crippen LogP contribution is 2.18. The van der Waals surface area contributed by atoms with Crippen molar-refractivity contribution in [3.8, 4) is 0 Å². The van der Waals surface area contributed by atoms with Crippen molar-refractivity contribution in [2.24, 2.45) is 5.92 Å². The van der Waals surface area contributed by atoms with Gasteiger partial charge in [0.15, 0.2) is 0 Å². The van der Waals surface area contributed by atoms with Gasteiger partial charge in [0.05, 0.1) is 5.92 Å². The summed E-state index contributed by atoms with van der Waals surface area (Å²) in [5.41, 5.74) is 1.19. The Labute approximate surface area is 125 Å². The highest BCUT2D eigenvalue weighted by atomic mass is 16.2. The van der Waals surface area contributed by atoms with Crippen LogP contribution in [0, 0.1) is 5.92 Å². The Hall–Kier alpha value is -1.87. The van der Waals surface area contributed by atoms with E-state index in [1.807, 2.05) is 18.0 Å². The number of fused-ring (bicyclic) bond motifs is 1. The van der Waals surface area contributed by atoms with Crippen LogP contribution in [0.5, 0.6) is 0 Å². The number of hydrogen-bond acceptors (Lipinski definition) is 2. The molecule has 1 heterocycles. The highest BCUT2D eigenvalue weighted by molar-refractivity contribution is 5.83. The highest BCUT2D eigenvalue weighted by Gasteiger charge is 2.23. The molecule has 2 aromatic carbocycles. The second-order valence-electron chi connectivity index (χ2n) is 5.92. The molecule has 1 N–H and O–H groups in total. The third kappa shape index (κ3) is 3.24. The van der Waals surface area contributed by atoms with Gasteiger partial charge in [0.1, 0.15) is 0 Å². The molecule has 3 rings (SSSR count). The number of piperidine rings is 1. The third-order valence-corrected chi connectivity index (χ3v) is 4.26. The second-order valence-corrected chi connectivity index (χ2v) is 5.92. The maximum atomic E-state index is 12.5. The van der Waals surface area contributed by atoms with E-state index in [1.54, 1.807) is 0 Å². The topological polar surface area (TPSA) is 32.3 Å². The predicted octanol–water partition coefficient (Wildman–Crippen LogP) is 2.80. The van der Waals surface area contributed by atoms with Gasteiger partial charge >= 0.3 is 0 Å². The Balaban J connectivity index is 1.70. The fourth-order valence-electron chi connectivity index (χ4n) is 3.06. The summed E-state index contributed by atoms with van der Waals surface area (Å²) in [4.78, 5) is 14.3. The molecular weight excluding hydrogens is 260 g/mol. The normalized spacial score (nSPS) is 18.6. The van der Waals surface area contributed by atoms with Crippen LogP contribution in [0.3, 0.4) is 0 Å². The van der Waals surface area contributed by atoms with Crippen molar-refractivity contribution >= 4 is 16.7 Å². The van der Waals surface area contributed by atoms with Crippen LogP contribution in [0.2, 0.25) is 0 Å². The van der Waals surface area contributed by atoms with Crippen molar-refractivity contribution in [2.45, 2.75) is 19.4 Å². The number of rotatable bonds is 3. The first-order chi connectivity index (χ1) is 10.2. The average molecular weight is 282 g/mol. The number of carbonyl (C=O) groups excluding carboxylic acids is 1. The minimum absolute atomic E-state index is 0.143. The van der Waals surface area contributed by atoms with E-state index in [-0.39, 0.29) is 11.8 Å². The van der Waals surface area contributed by atoms with Gasteiger partial charge in [-0.2, -0.15) is 0 Å². The van der Waals surface area contributed by atoms with Crippen molar-refractivity contribution < 1.29 is 4.79 Å². The van der Waals surface area contributed by atoms with Crippen molar-refractivity contribution in [1.29, 1.82) is 0 Å². The Bertz CT molecular complexity index is 632. The summed E-state index contributed by atoms with van der Waals surface area (Å²) in [6, 6.07) is 14.8. The predicted molar refractivity (Wildman–Crippen MR) is 86.0 cm³/mol. The van der Waals surface area contributed by atoms with Gasteiger partial charge < -0.3 is 10.2 Å². The number of hydrogen-bond donors (Lipinski definition) is 1. The molecule has 1 fully saturated rings. The van der Waals surface area contributed by atoms with Crippen molar-refractivity contribution in [3.63, 3.8) is 0 Å². The molecule has 3 heteroatoms. The number of nitrogens with zero attached hydrogens (tertiary/aromatic N) is 1. The van der Waals surface area contributed by atoms with Crippen molar-refractivity contribution in [2.75, 3.05) is 20.1 Å². The number of benzene rings is 2. The molecule has 0 aliphatic carbocycles. The van der Waals surface area contributed by atoms with Crippen LogP contribution in [0.1, 0.15) is 18.4 Å². The zero-order valence-electron chi connectivity index (χ0n) is 12.5. The molecule has 0 spiro atoms. The zero-order valence-corrected chi connectivity index (χ0v) is 12.5. The van der Waals surface area contributed by atoms with Gasteiger partial charge in [-0.05, 0) is 41.8 Å². The molecule has 0 radical (unpaired) electrons. The first-order valence-corrected chi connectivity index (χ1v) is 7.67. The van der Waals surface area contributed by atoms with Crippen molar-refractivity contribution in [3.05, 3.63) is 48.0 Å². The van der Waals surface area contributed by atoms with E-state index in [1.165, 1.54) is 16.3 Å². The summed E-state index contributed by atoms with van der Waals surface area (Å²) in [7, 11) is 1.91. The van der Waals surface area contributed by atoms with E-state index >= 15 is 0 Å². The number of amides is 1. The Morgan fingerprint density at radius 2 is 2.05 bits per heavy atom. The van der Waals surface area contributed by atoms with E-state index in [2.05, 4.69) is 41.7 Å². The SMILES string of the molecule is CN(Cc1ccc2ccccc2c1)C(=O)C1CCCNC1. The largest absolute Gasteiger partial charge is 0.341 e. The Morgan fingerprint density at radius 3 is 2.81 bits per heavy atom.